The number of rotatable bonds is 3. The standard InChI is InChI=1S/C14H15N3O3S/c1-3-19-14(18)11-10(8-5-4-6-21-8)9-7(2)16-17-13(9)20-12(11)15/h4-7,10H,3,15H2,1-2H3. The first-order valence-electron chi connectivity index (χ1n) is 6.66. The van der Waals surface area contributed by atoms with Crippen LogP contribution in [0, 0.1) is 0 Å². The van der Waals surface area contributed by atoms with E-state index in [0.717, 1.165) is 10.5 Å². The number of esters is 1. The van der Waals surface area contributed by atoms with E-state index < -0.39 is 5.97 Å². The van der Waals surface area contributed by atoms with Gasteiger partial charge in [0.1, 0.15) is 5.57 Å². The molecule has 3 rings (SSSR count). The van der Waals surface area contributed by atoms with Gasteiger partial charge in [0.25, 0.3) is 0 Å². The molecular formula is C14H15N3O3S. The summed E-state index contributed by atoms with van der Waals surface area (Å²) in [5.74, 6) is -0.332. The lowest BCUT2D eigenvalue weighted by atomic mass is 9.85. The van der Waals surface area contributed by atoms with Gasteiger partial charge in [0.15, 0.2) is 0 Å². The predicted molar refractivity (Wildman–Crippen MR) is 77.3 cm³/mol. The van der Waals surface area contributed by atoms with Gasteiger partial charge >= 0.3 is 5.97 Å². The Balaban J connectivity index is 2.10. The van der Waals surface area contributed by atoms with E-state index in [4.69, 9.17) is 15.2 Å². The highest BCUT2D eigenvalue weighted by atomic mass is 32.1. The molecule has 0 saturated heterocycles. The summed E-state index contributed by atoms with van der Waals surface area (Å²) < 4.78 is 10.6. The molecule has 0 saturated carbocycles. The Bertz CT molecular complexity index is 661. The molecule has 0 spiro atoms. The van der Waals surface area contributed by atoms with E-state index in [9.17, 15) is 4.79 Å². The maximum Gasteiger partial charge on any atom is 0.340 e. The third-order valence-corrected chi connectivity index (χ3v) is 4.35. The second kappa shape index (κ2) is 5.33. The summed E-state index contributed by atoms with van der Waals surface area (Å²) in [6.45, 7) is 3.95. The van der Waals surface area contributed by atoms with Gasteiger partial charge in [0, 0.05) is 10.5 Å². The van der Waals surface area contributed by atoms with Crippen molar-refractivity contribution in [1.82, 2.24) is 0 Å². The van der Waals surface area contributed by atoms with Crippen molar-refractivity contribution < 1.29 is 14.3 Å². The molecule has 7 heteroatoms. The van der Waals surface area contributed by atoms with E-state index in [0.29, 0.717) is 11.5 Å². The summed E-state index contributed by atoms with van der Waals surface area (Å²) in [4.78, 5) is 13.3. The van der Waals surface area contributed by atoms with Crippen molar-refractivity contribution in [2.75, 3.05) is 6.61 Å². The van der Waals surface area contributed by atoms with E-state index in [-0.39, 0.29) is 24.4 Å². The second-order valence-electron chi connectivity index (χ2n) is 4.70. The summed E-state index contributed by atoms with van der Waals surface area (Å²) in [5, 5.41) is 10.1. The molecule has 0 bridgehead atoms. The number of hydrogen-bond acceptors (Lipinski definition) is 7. The molecule has 3 heterocycles. The number of ether oxygens (including phenoxy) is 2. The van der Waals surface area contributed by atoms with Crippen LogP contribution in [0.3, 0.4) is 0 Å². The van der Waals surface area contributed by atoms with Gasteiger partial charge in [0.05, 0.1) is 18.6 Å². The number of nitrogens with two attached hydrogens (primary N) is 1. The number of carbonyl (C=O) groups excluding carboxylic acids is 1. The SMILES string of the molecule is CCOC(=O)C1=C(N)OC2=C(C(C)N=N2)C1c1cccs1. The van der Waals surface area contributed by atoms with Crippen molar-refractivity contribution in [2.45, 2.75) is 25.8 Å². The highest BCUT2D eigenvalue weighted by Crippen LogP contribution is 2.46. The van der Waals surface area contributed by atoms with E-state index >= 15 is 0 Å². The summed E-state index contributed by atoms with van der Waals surface area (Å²) in [7, 11) is 0. The number of carbonyl (C=O) groups is 1. The maximum atomic E-state index is 12.3. The molecular weight excluding hydrogens is 290 g/mol. The van der Waals surface area contributed by atoms with Crippen LogP contribution in [0.15, 0.2) is 50.7 Å². The fourth-order valence-corrected chi connectivity index (χ4v) is 3.37. The van der Waals surface area contributed by atoms with Crippen LogP contribution < -0.4 is 5.73 Å². The van der Waals surface area contributed by atoms with Crippen LogP contribution in [-0.4, -0.2) is 18.6 Å². The normalized spacial score (nSPS) is 24.1. The van der Waals surface area contributed by atoms with Gasteiger partial charge in [-0.15, -0.1) is 16.5 Å². The molecule has 2 unspecified atom stereocenters. The van der Waals surface area contributed by atoms with Crippen molar-refractivity contribution in [3.05, 3.63) is 45.3 Å². The zero-order chi connectivity index (χ0) is 15.0. The molecule has 0 fully saturated rings. The van der Waals surface area contributed by atoms with E-state index in [1.54, 1.807) is 18.3 Å². The molecule has 0 amide bonds. The van der Waals surface area contributed by atoms with E-state index in [1.165, 1.54) is 0 Å². The summed E-state index contributed by atoms with van der Waals surface area (Å²) in [6, 6.07) is 3.75. The predicted octanol–water partition coefficient (Wildman–Crippen LogP) is 2.66. The van der Waals surface area contributed by atoms with Crippen LogP contribution in [0.1, 0.15) is 24.6 Å². The van der Waals surface area contributed by atoms with Gasteiger partial charge in [-0.05, 0) is 25.3 Å². The molecule has 110 valence electrons. The third kappa shape index (κ3) is 2.23. The first kappa shape index (κ1) is 13.8. The van der Waals surface area contributed by atoms with Gasteiger partial charge in [-0.2, -0.15) is 5.11 Å². The molecule has 0 radical (unpaired) electrons. The highest BCUT2D eigenvalue weighted by Gasteiger charge is 2.42. The Morgan fingerprint density at radius 2 is 2.38 bits per heavy atom. The van der Waals surface area contributed by atoms with Crippen LogP contribution in [0.25, 0.3) is 0 Å². The first-order valence-corrected chi connectivity index (χ1v) is 7.54. The molecule has 2 aliphatic heterocycles. The largest absolute Gasteiger partial charge is 0.462 e. The van der Waals surface area contributed by atoms with Crippen molar-refractivity contribution in [1.29, 1.82) is 0 Å². The lowest BCUT2D eigenvalue weighted by Gasteiger charge is -2.26. The molecule has 21 heavy (non-hydrogen) atoms. The fourth-order valence-electron chi connectivity index (χ4n) is 2.52. The molecule has 1 aromatic rings. The molecule has 2 N–H and O–H groups in total. The monoisotopic (exact) mass is 305 g/mol. The Hall–Kier alpha value is -2.15. The lowest BCUT2D eigenvalue weighted by molar-refractivity contribution is -0.139. The average molecular weight is 305 g/mol. The smallest absolute Gasteiger partial charge is 0.340 e. The van der Waals surface area contributed by atoms with Crippen LogP contribution in [-0.2, 0) is 14.3 Å². The second-order valence-corrected chi connectivity index (χ2v) is 5.68. The van der Waals surface area contributed by atoms with E-state index in [2.05, 4.69) is 10.2 Å². The number of nitrogens with zero attached hydrogens (tertiary/aromatic N) is 2. The molecule has 6 nitrogen and oxygen atoms in total. The highest BCUT2D eigenvalue weighted by molar-refractivity contribution is 7.10. The van der Waals surface area contributed by atoms with Gasteiger partial charge in [0.2, 0.25) is 11.8 Å². The Labute approximate surface area is 126 Å². The lowest BCUT2D eigenvalue weighted by Crippen LogP contribution is -2.28. The third-order valence-electron chi connectivity index (χ3n) is 3.41. The minimum Gasteiger partial charge on any atom is -0.462 e. The van der Waals surface area contributed by atoms with Gasteiger partial charge in [-0.25, -0.2) is 4.79 Å². The van der Waals surface area contributed by atoms with Crippen LogP contribution >= 0.6 is 11.3 Å². The zero-order valence-electron chi connectivity index (χ0n) is 11.7. The fraction of sp³-hybridized carbons (Fsp3) is 0.357. The number of azo groups is 1. The van der Waals surface area contributed by atoms with Crippen molar-refractivity contribution in [3.63, 3.8) is 0 Å². The zero-order valence-corrected chi connectivity index (χ0v) is 12.5. The Kier molecular flexibility index (Phi) is 3.50. The Morgan fingerprint density at radius 1 is 1.57 bits per heavy atom. The average Bonchev–Trinajstić information content (AvgIpc) is 3.08. The summed E-state index contributed by atoms with van der Waals surface area (Å²) >= 11 is 1.55. The van der Waals surface area contributed by atoms with Crippen LogP contribution in [0.5, 0.6) is 0 Å². The maximum absolute atomic E-state index is 12.3. The van der Waals surface area contributed by atoms with Crippen molar-refractivity contribution >= 4 is 17.3 Å². The number of thiophene rings is 1. The minimum atomic E-state index is -0.459. The van der Waals surface area contributed by atoms with Crippen LogP contribution in [0.2, 0.25) is 0 Å². The van der Waals surface area contributed by atoms with Gasteiger partial charge < -0.3 is 15.2 Å². The molecule has 0 aromatic carbocycles. The van der Waals surface area contributed by atoms with E-state index in [1.807, 2.05) is 24.4 Å². The molecule has 2 aliphatic rings. The molecule has 1 aromatic heterocycles. The van der Waals surface area contributed by atoms with Gasteiger partial charge in [-0.3, -0.25) is 0 Å². The summed E-state index contributed by atoms with van der Waals surface area (Å²) in [6.07, 6.45) is 0. The topological polar surface area (TPSA) is 86.3 Å². The first-order chi connectivity index (χ1) is 10.1. The molecule has 0 aliphatic carbocycles. The quantitative estimate of drug-likeness (QED) is 0.870. The Morgan fingerprint density at radius 3 is 3.05 bits per heavy atom. The number of hydrogen-bond donors (Lipinski definition) is 1. The minimum absolute atomic E-state index is 0.0404. The van der Waals surface area contributed by atoms with Crippen molar-refractivity contribution in [3.8, 4) is 0 Å². The van der Waals surface area contributed by atoms with Crippen molar-refractivity contribution in [2.24, 2.45) is 16.0 Å². The van der Waals surface area contributed by atoms with Crippen LogP contribution in [0.4, 0.5) is 0 Å². The van der Waals surface area contributed by atoms with Gasteiger partial charge in [-0.1, -0.05) is 6.07 Å². The molecule has 2 atom stereocenters. The summed E-state index contributed by atoms with van der Waals surface area (Å²) in [5.41, 5.74) is 7.12.